The fraction of sp³-hybridized carbons (Fsp3) is 0.350. The number of methoxy groups -OCH3 is 1. The van der Waals surface area contributed by atoms with E-state index in [-0.39, 0.29) is 17.2 Å². The second kappa shape index (κ2) is 9.01. The van der Waals surface area contributed by atoms with Gasteiger partial charge in [0.1, 0.15) is 0 Å². The maximum Gasteiger partial charge on any atom is 0.262 e. The van der Waals surface area contributed by atoms with E-state index in [0.29, 0.717) is 24.4 Å². The van der Waals surface area contributed by atoms with E-state index in [4.69, 9.17) is 4.74 Å². The van der Waals surface area contributed by atoms with E-state index in [2.05, 4.69) is 10.0 Å². The van der Waals surface area contributed by atoms with Gasteiger partial charge in [0.15, 0.2) is 0 Å². The number of carbonyl (C=O) groups is 1. The zero-order valence-corrected chi connectivity index (χ0v) is 16.9. The Morgan fingerprint density at radius 1 is 1.00 bits per heavy atom. The first-order valence-electron chi connectivity index (χ1n) is 8.68. The predicted octanol–water partition coefficient (Wildman–Crippen LogP) is 2.72. The highest BCUT2D eigenvalue weighted by Gasteiger charge is 2.18. The third kappa shape index (κ3) is 5.80. The maximum atomic E-state index is 12.7. The zero-order valence-electron chi connectivity index (χ0n) is 16.1. The molecule has 0 radical (unpaired) electrons. The Morgan fingerprint density at radius 3 is 2.26 bits per heavy atom. The second-order valence-corrected chi connectivity index (χ2v) is 8.17. The van der Waals surface area contributed by atoms with Crippen molar-refractivity contribution < 1.29 is 17.9 Å². The van der Waals surface area contributed by atoms with Crippen LogP contribution in [-0.4, -0.2) is 34.6 Å². The summed E-state index contributed by atoms with van der Waals surface area (Å²) in [6, 6.07) is 10.3. The van der Waals surface area contributed by atoms with Crippen LogP contribution in [0.5, 0.6) is 0 Å². The first-order valence-corrected chi connectivity index (χ1v) is 10.2. The van der Waals surface area contributed by atoms with Crippen molar-refractivity contribution in [1.82, 2.24) is 5.32 Å². The summed E-state index contributed by atoms with van der Waals surface area (Å²) in [5.74, 6) is -0.105. The zero-order chi connectivity index (χ0) is 20.0. The van der Waals surface area contributed by atoms with Gasteiger partial charge in [-0.2, -0.15) is 0 Å². The largest absolute Gasteiger partial charge is 0.383 e. The minimum Gasteiger partial charge on any atom is -0.383 e. The number of carbonyl (C=O) groups excluding carboxylic acids is 1. The summed E-state index contributed by atoms with van der Waals surface area (Å²) in [6.07, 6.45) is 0.229. The Kier molecular flexibility index (Phi) is 6.98. The van der Waals surface area contributed by atoms with E-state index in [1.54, 1.807) is 44.4 Å². The highest BCUT2D eigenvalue weighted by atomic mass is 32.2. The van der Waals surface area contributed by atoms with Gasteiger partial charge in [-0.25, -0.2) is 8.42 Å². The summed E-state index contributed by atoms with van der Waals surface area (Å²) in [5.41, 5.74) is 3.94. The smallest absolute Gasteiger partial charge is 0.262 e. The average Bonchev–Trinajstić information content (AvgIpc) is 2.59. The van der Waals surface area contributed by atoms with E-state index in [9.17, 15) is 13.2 Å². The molecular weight excluding hydrogens is 364 g/mol. The van der Waals surface area contributed by atoms with Crippen LogP contribution in [-0.2, 0) is 26.0 Å². The molecule has 2 N–H and O–H groups in total. The van der Waals surface area contributed by atoms with E-state index in [0.717, 1.165) is 16.7 Å². The van der Waals surface area contributed by atoms with Crippen LogP contribution in [0.2, 0.25) is 0 Å². The number of ether oxygens (including phenoxy) is 1. The first-order chi connectivity index (χ1) is 12.7. The number of sulfonamides is 1. The van der Waals surface area contributed by atoms with Gasteiger partial charge in [-0.3, -0.25) is 9.52 Å². The van der Waals surface area contributed by atoms with Crippen molar-refractivity contribution >= 4 is 21.6 Å². The van der Waals surface area contributed by atoms with Crippen molar-refractivity contribution in [2.24, 2.45) is 0 Å². The van der Waals surface area contributed by atoms with Crippen molar-refractivity contribution in [3.05, 3.63) is 58.7 Å². The molecule has 0 heterocycles. The lowest BCUT2D eigenvalue weighted by Gasteiger charge is -2.13. The van der Waals surface area contributed by atoms with Gasteiger partial charge >= 0.3 is 0 Å². The van der Waals surface area contributed by atoms with Gasteiger partial charge < -0.3 is 10.1 Å². The lowest BCUT2D eigenvalue weighted by molar-refractivity contribution is -0.120. The van der Waals surface area contributed by atoms with E-state index in [1.807, 2.05) is 19.9 Å². The molecule has 0 fully saturated rings. The summed E-state index contributed by atoms with van der Waals surface area (Å²) in [6.45, 7) is 6.55. The fourth-order valence-electron chi connectivity index (χ4n) is 2.66. The number of rotatable bonds is 8. The van der Waals surface area contributed by atoms with Crippen LogP contribution >= 0.6 is 0 Å². The number of hydrogen-bond donors (Lipinski definition) is 2. The summed E-state index contributed by atoms with van der Waals surface area (Å²) in [4.78, 5) is 12.1. The monoisotopic (exact) mass is 390 g/mol. The van der Waals surface area contributed by atoms with Gasteiger partial charge in [0.05, 0.1) is 17.9 Å². The first kappa shape index (κ1) is 20.9. The quantitative estimate of drug-likeness (QED) is 0.679. The van der Waals surface area contributed by atoms with Crippen LogP contribution in [0.25, 0.3) is 0 Å². The molecule has 0 saturated carbocycles. The normalized spacial score (nSPS) is 11.3. The molecular formula is C20H26N2O4S. The summed E-state index contributed by atoms with van der Waals surface area (Å²) in [5, 5.41) is 2.75. The summed E-state index contributed by atoms with van der Waals surface area (Å²) < 4.78 is 32.9. The van der Waals surface area contributed by atoms with Crippen LogP contribution < -0.4 is 10.0 Å². The Hall–Kier alpha value is -2.38. The topological polar surface area (TPSA) is 84.5 Å². The molecule has 0 aromatic heterocycles. The van der Waals surface area contributed by atoms with Gasteiger partial charge in [-0.05, 0) is 61.2 Å². The lowest BCUT2D eigenvalue weighted by Crippen LogP contribution is -2.28. The summed E-state index contributed by atoms with van der Waals surface area (Å²) >= 11 is 0. The minimum absolute atomic E-state index is 0.105. The molecule has 6 nitrogen and oxygen atoms in total. The van der Waals surface area contributed by atoms with Gasteiger partial charge in [0, 0.05) is 19.3 Å². The molecule has 2 rings (SSSR count). The molecule has 1 amide bonds. The van der Waals surface area contributed by atoms with Gasteiger partial charge in [0.2, 0.25) is 5.91 Å². The highest BCUT2D eigenvalue weighted by Crippen LogP contribution is 2.23. The van der Waals surface area contributed by atoms with Crippen LogP contribution in [0.15, 0.2) is 41.3 Å². The molecule has 0 unspecified atom stereocenters. The molecule has 0 spiro atoms. The molecule has 27 heavy (non-hydrogen) atoms. The Balaban J connectivity index is 2.07. The predicted molar refractivity (Wildman–Crippen MR) is 106 cm³/mol. The van der Waals surface area contributed by atoms with Gasteiger partial charge in [0.25, 0.3) is 10.0 Å². The molecule has 7 heteroatoms. The molecule has 0 saturated heterocycles. The van der Waals surface area contributed by atoms with Crippen molar-refractivity contribution in [1.29, 1.82) is 0 Å². The van der Waals surface area contributed by atoms with Gasteiger partial charge in [-0.1, -0.05) is 18.2 Å². The third-order valence-corrected chi connectivity index (χ3v) is 5.80. The van der Waals surface area contributed by atoms with Crippen LogP contribution in [0, 0.1) is 20.8 Å². The Bertz CT molecular complexity index is 906. The highest BCUT2D eigenvalue weighted by molar-refractivity contribution is 7.92. The molecule has 0 aliphatic carbocycles. The van der Waals surface area contributed by atoms with E-state index in [1.165, 1.54) is 0 Å². The molecule has 0 aliphatic rings. The Labute approximate surface area is 161 Å². The van der Waals surface area contributed by atoms with Crippen LogP contribution in [0.4, 0.5) is 5.69 Å². The molecule has 0 atom stereocenters. The second-order valence-electron chi connectivity index (χ2n) is 6.52. The van der Waals surface area contributed by atoms with E-state index < -0.39 is 10.0 Å². The average molecular weight is 391 g/mol. The van der Waals surface area contributed by atoms with Crippen LogP contribution in [0.3, 0.4) is 0 Å². The molecule has 2 aromatic carbocycles. The molecule has 0 bridgehead atoms. The number of benzene rings is 2. The number of nitrogens with one attached hydrogen (secondary N) is 2. The lowest BCUT2D eigenvalue weighted by atomic mass is 10.1. The van der Waals surface area contributed by atoms with Crippen LogP contribution in [0.1, 0.15) is 22.3 Å². The third-order valence-electron chi connectivity index (χ3n) is 4.28. The fourth-order valence-corrected chi connectivity index (χ4v) is 4.04. The van der Waals surface area contributed by atoms with Crippen molar-refractivity contribution in [3.8, 4) is 0 Å². The number of anilines is 1. The van der Waals surface area contributed by atoms with Crippen molar-refractivity contribution in [2.45, 2.75) is 32.1 Å². The Morgan fingerprint density at radius 2 is 1.63 bits per heavy atom. The van der Waals surface area contributed by atoms with Crippen molar-refractivity contribution in [3.63, 3.8) is 0 Å². The minimum atomic E-state index is -3.68. The molecule has 146 valence electrons. The maximum absolute atomic E-state index is 12.7. The van der Waals surface area contributed by atoms with Crippen molar-refractivity contribution in [2.75, 3.05) is 25.0 Å². The number of aryl methyl sites for hydroxylation is 3. The van der Waals surface area contributed by atoms with Gasteiger partial charge in [-0.15, -0.1) is 0 Å². The number of amides is 1. The SMILES string of the molecule is COCCNC(=O)Cc1ccc(NS(=O)(=O)c2cc(C)c(C)cc2C)cc1. The molecule has 2 aromatic rings. The summed E-state index contributed by atoms with van der Waals surface area (Å²) in [7, 11) is -2.10. The molecule has 0 aliphatic heterocycles. The standard InChI is InChI=1S/C20H26N2O4S/c1-14-11-16(3)19(12-15(14)2)27(24,25)22-18-7-5-17(6-8-18)13-20(23)21-9-10-26-4/h5-8,11-12,22H,9-10,13H2,1-4H3,(H,21,23). The number of hydrogen-bond acceptors (Lipinski definition) is 4. The van der Waals surface area contributed by atoms with E-state index >= 15 is 0 Å².